The Kier molecular flexibility index (Phi) is 21.2. The number of nitrogens with zero attached hydrogens (tertiary/aromatic N) is 2. The Labute approximate surface area is 248 Å². The van der Waals surface area contributed by atoms with Crippen LogP contribution in [-0.4, -0.2) is 51.1 Å². The lowest BCUT2D eigenvalue weighted by atomic mass is 10.0. The van der Waals surface area contributed by atoms with Gasteiger partial charge in [0.05, 0.1) is 0 Å². The van der Waals surface area contributed by atoms with Gasteiger partial charge in [0.2, 0.25) is 5.91 Å². The second kappa shape index (κ2) is 24.0. The van der Waals surface area contributed by atoms with E-state index in [0.717, 1.165) is 17.7 Å². The largest absolute Gasteiger partial charge is 0.447 e. The minimum Gasteiger partial charge on any atom is -0.447 e. The molecule has 0 aliphatic heterocycles. The molecular weight excluding hydrogens is 522 g/mol. The first-order valence-electron chi connectivity index (χ1n) is 15.7. The highest BCUT2D eigenvalue weighted by Crippen LogP contribution is 2.15. The van der Waals surface area contributed by atoms with Gasteiger partial charge in [-0.2, -0.15) is 0 Å². The lowest BCUT2D eigenvalue weighted by Crippen LogP contribution is -2.40. The smallest absolute Gasteiger partial charge is 0.421 e. The SMILES string of the molecule is CCCCCCCCCCCCCCCCCCNC(=O)OCC(COC(=O)N(C(C)=O)c1ccc[n+](C)c1)OC. The van der Waals surface area contributed by atoms with Gasteiger partial charge in [-0.05, 0) is 12.5 Å². The van der Waals surface area contributed by atoms with Gasteiger partial charge in [-0.25, -0.2) is 19.1 Å². The summed E-state index contributed by atoms with van der Waals surface area (Å²) in [6.07, 6.45) is 22.3. The fraction of sp³-hybridized carbons (Fsp3) is 0.750. The molecule has 0 fully saturated rings. The summed E-state index contributed by atoms with van der Waals surface area (Å²) in [7, 11) is 3.23. The molecular formula is C32H56N3O6+. The second-order valence-electron chi connectivity index (χ2n) is 10.8. The molecule has 9 heteroatoms. The lowest BCUT2D eigenvalue weighted by Gasteiger charge is -2.20. The number of carbonyl (C=O) groups excluding carboxylic acids is 3. The van der Waals surface area contributed by atoms with E-state index in [9.17, 15) is 14.4 Å². The van der Waals surface area contributed by atoms with Crippen molar-refractivity contribution in [1.82, 2.24) is 5.32 Å². The van der Waals surface area contributed by atoms with Crippen LogP contribution in [0.4, 0.5) is 15.3 Å². The second-order valence-corrected chi connectivity index (χ2v) is 10.8. The Morgan fingerprint density at radius 3 is 1.83 bits per heavy atom. The third kappa shape index (κ3) is 18.4. The monoisotopic (exact) mass is 578 g/mol. The fourth-order valence-electron chi connectivity index (χ4n) is 4.62. The number of ether oxygens (including phenoxy) is 3. The average molecular weight is 579 g/mol. The molecule has 0 spiro atoms. The summed E-state index contributed by atoms with van der Waals surface area (Å²) < 4.78 is 17.5. The van der Waals surface area contributed by atoms with Crippen molar-refractivity contribution in [2.24, 2.45) is 7.05 Å². The van der Waals surface area contributed by atoms with Crippen molar-refractivity contribution >= 4 is 23.8 Å². The summed E-state index contributed by atoms with van der Waals surface area (Å²) in [5, 5.41) is 2.76. The Morgan fingerprint density at radius 2 is 1.34 bits per heavy atom. The van der Waals surface area contributed by atoms with Crippen LogP contribution in [0.3, 0.4) is 0 Å². The predicted octanol–water partition coefficient (Wildman–Crippen LogP) is 7.00. The van der Waals surface area contributed by atoms with E-state index in [1.54, 1.807) is 36.1 Å². The zero-order valence-electron chi connectivity index (χ0n) is 26.2. The zero-order valence-corrected chi connectivity index (χ0v) is 26.2. The quantitative estimate of drug-likeness (QED) is 0.111. The van der Waals surface area contributed by atoms with E-state index in [2.05, 4.69) is 12.2 Å². The molecule has 1 aromatic heterocycles. The first-order chi connectivity index (χ1) is 19.9. The molecule has 3 amide bonds. The van der Waals surface area contributed by atoms with Crippen molar-refractivity contribution in [1.29, 1.82) is 0 Å². The normalized spacial score (nSPS) is 11.6. The Hall–Kier alpha value is -2.68. The number of hydrogen-bond acceptors (Lipinski definition) is 6. The number of aromatic nitrogens is 1. The molecule has 41 heavy (non-hydrogen) atoms. The number of amides is 3. The first kappa shape index (κ1) is 36.3. The Balaban J connectivity index is 2.05. The van der Waals surface area contributed by atoms with Gasteiger partial charge in [0, 0.05) is 26.6 Å². The van der Waals surface area contributed by atoms with Crippen molar-refractivity contribution in [3.63, 3.8) is 0 Å². The summed E-state index contributed by atoms with van der Waals surface area (Å²) in [6, 6.07) is 3.37. The summed E-state index contributed by atoms with van der Waals surface area (Å²) in [5.74, 6) is -0.472. The van der Waals surface area contributed by atoms with E-state index in [1.165, 1.54) is 104 Å². The summed E-state index contributed by atoms with van der Waals surface area (Å²) in [6.45, 7) is 3.88. The molecule has 9 nitrogen and oxygen atoms in total. The molecule has 1 heterocycles. The molecule has 0 aliphatic rings. The number of anilines is 1. The number of methoxy groups -OCH3 is 1. The van der Waals surface area contributed by atoms with Crippen molar-refractivity contribution in [3.05, 3.63) is 24.5 Å². The highest BCUT2D eigenvalue weighted by Gasteiger charge is 2.25. The first-order valence-corrected chi connectivity index (χ1v) is 15.7. The Bertz CT molecular complexity index is 850. The third-order valence-corrected chi connectivity index (χ3v) is 7.11. The standard InChI is InChI=1S/C32H55N3O6/c1-5-6-7-8-9-10-11-12-13-14-15-16-17-18-19-20-23-33-31(37)40-26-30(39-4)27-41-32(38)35(28(2)36)29-22-21-24-34(3)25-29/h21-22,24-25,30H,5-20,23,26-27H2,1-4H3/p+1. The molecule has 0 aliphatic carbocycles. The van der Waals surface area contributed by atoms with E-state index in [0.29, 0.717) is 12.2 Å². The van der Waals surface area contributed by atoms with Gasteiger partial charge in [-0.1, -0.05) is 103 Å². The molecule has 1 rings (SSSR count). The van der Waals surface area contributed by atoms with Crippen LogP contribution in [0.15, 0.2) is 24.5 Å². The summed E-state index contributed by atoms with van der Waals surface area (Å²) >= 11 is 0. The number of imide groups is 1. The van der Waals surface area contributed by atoms with E-state index in [4.69, 9.17) is 14.2 Å². The van der Waals surface area contributed by atoms with Crippen LogP contribution in [0, 0.1) is 0 Å². The van der Waals surface area contributed by atoms with Gasteiger partial charge in [0.1, 0.15) is 32.1 Å². The van der Waals surface area contributed by atoms with E-state index in [-0.39, 0.29) is 13.2 Å². The van der Waals surface area contributed by atoms with Gasteiger partial charge in [0.25, 0.3) is 0 Å². The maximum absolute atomic E-state index is 12.5. The molecule has 1 aromatic rings. The van der Waals surface area contributed by atoms with Crippen LogP contribution in [0.2, 0.25) is 0 Å². The van der Waals surface area contributed by atoms with Gasteiger partial charge in [-0.3, -0.25) is 4.79 Å². The summed E-state index contributed by atoms with van der Waals surface area (Å²) in [5.41, 5.74) is 0.395. The minimum atomic E-state index is -0.821. The summed E-state index contributed by atoms with van der Waals surface area (Å²) in [4.78, 5) is 37.5. The highest BCUT2D eigenvalue weighted by atomic mass is 16.6. The number of carbonyl (C=O) groups is 3. The number of rotatable bonds is 23. The minimum absolute atomic E-state index is 0.0745. The maximum Gasteiger partial charge on any atom is 0.421 e. The molecule has 0 radical (unpaired) electrons. The zero-order chi connectivity index (χ0) is 30.1. The third-order valence-electron chi connectivity index (χ3n) is 7.11. The van der Waals surface area contributed by atoms with E-state index < -0.39 is 24.2 Å². The van der Waals surface area contributed by atoms with E-state index >= 15 is 0 Å². The van der Waals surface area contributed by atoms with Crippen molar-refractivity contribution in [2.45, 2.75) is 123 Å². The molecule has 1 N–H and O–H groups in total. The number of unbranched alkanes of at least 4 members (excludes halogenated alkanes) is 15. The molecule has 234 valence electrons. The van der Waals surface area contributed by atoms with E-state index in [1.807, 2.05) is 0 Å². The molecule has 0 saturated carbocycles. The average Bonchev–Trinajstić information content (AvgIpc) is 2.94. The van der Waals surface area contributed by atoms with Crippen LogP contribution in [-0.2, 0) is 26.1 Å². The maximum atomic E-state index is 12.5. The van der Waals surface area contributed by atoms with Gasteiger partial charge in [0.15, 0.2) is 12.4 Å². The van der Waals surface area contributed by atoms with Crippen LogP contribution >= 0.6 is 0 Å². The number of hydrogen-bond donors (Lipinski definition) is 1. The topological polar surface area (TPSA) is 98.0 Å². The number of aryl methyl sites for hydroxylation is 1. The predicted molar refractivity (Wildman–Crippen MR) is 162 cm³/mol. The van der Waals surface area contributed by atoms with Crippen LogP contribution < -0.4 is 14.8 Å². The lowest BCUT2D eigenvalue weighted by molar-refractivity contribution is -0.670. The van der Waals surface area contributed by atoms with Crippen molar-refractivity contribution in [3.8, 4) is 0 Å². The molecule has 0 aromatic carbocycles. The van der Waals surface area contributed by atoms with Gasteiger partial charge < -0.3 is 19.5 Å². The van der Waals surface area contributed by atoms with Crippen LogP contribution in [0.1, 0.15) is 117 Å². The van der Waals surface area contributed by atoms with Crippen molar-refractivity contribution in [2.75, 3.05) is 31.8 Å². The van der Waals surface area contributed by atoms with Gasteiger partial charge >= 0.3 is 12.2 Å². The molecule has 0 saturated heterocycles. The Morgan fingerprint density at radius 1 is 0.829 bits per heavy atom. The number of alkyl carbamates (subject to hydrolysis) is 1. The molecule has 0 bridgehead atoms. The van der Waals surface area contributed by atoms with Crippen LogP contribution in [0.25, 0.3) is 0 Å². The number of nitrogens with one attached hydrogen (secondary N) is 1. The van der Waals surface area contributed by atoms with Crippen LogP contribution in [0.5, 0.6) is 0 Å². The molecule has 1 unspecified atom stereocenters. The fourth-order valence-corrected chi connectivity index (χ4v) is 4.62. The highest BCUT2D eigenvalue weighted by molar-refractivity contribution is 6.11. The molecule has 1 atom stereocenters. The number of pyridine rings is 1. The van der Waals surface area contributed by atoms with Crippen molar-refractivity contribution < 1.29 is 33.2 Å². The van der Waals surface area contributed by atoms with Gasteiger partial charge in [-0.15, -0.1) is 0 Å².